The third kappa shape index (κ3) is 3.37. The smallest absolute Gasteiger partial charge is 0.257 e. The fraction of sp³-hybridized carbons (Fsp3) is 0.500. The van der Waals surface area contributed by atoms with E-state index < -0.39 is 5.82 Å². The van der Waals surface area contributed by atoms with Crippen LogP contribution < -0.4 is 0 Å². The molecule has 0 atom stereocenters. The molecular formula is C14H16Br2FNO. The molecule has 0 spiro atoms. The number of carbonyl (C=O) groups excluding carboxylic acids is 1. The summed E-state index contributed by atoms with van der Waals surface area (Å²) in [5, 5.41) is 0.852. The first kappa shape index (κ1) is 15.0. The zero-order valence-corrected chi connectivity index (χ0v) is 13.7. The summed E-state index contributed by atoms with van der Waals surface area (Å²) >= 11 is 6.51. The number of benzene rings is 1. The van der Waals surface area contributed by atoms with Gasteiger partial charge >= 0.3 is 0 Å². The molecule has 0 bridgehead atoms. The van der Waals surface area contributed by atoms with Crippen LogP contribution >= 0.6 is 31.9 Å². The van der Waals surface area contributed by atoms with Crippen LogP contribution in [0.15, 0.2) is 22.7 Å². The fourth-order valence-corrected chi connectivity index (χ4v) is 2.82. The molecule has 0 aliphatic heterocycles. The summed E-state index contributed by atoms with van der Waals surface area (Å²) in [6.45, 7) is 0.681. The quantitative estimate of drug-likeness (QED) is 0.681. The number of hydrogen-bond donors (Lipinski definition) is 0. The van der Waals surface area contributed by atoms with Crippen LogP contribution in [0, 0.1) is 5.82 Å². The molecule has 5 heteroatoms. The first-order valence-electron chi connectivity index (χ1n) is 6.46. The first-order valence-corrected chi connectivity index (χ1v) is 8.37. The molecule has 2 rings (SSSR count). The van der Waals surface area contributed by atoms with Crippen molar-refractivity contribution in [3.8, 4) is 0 Å². The standard InChI is InChI=1S/C14H16Br2FNO/c15-8-3-9-18(10-4-1-5-10)14(19)11-6-2-7-12(16)13(11)17/h2,6-7,10H,1,3-5,8-9H2. The second-order valence-electron chi connectivity index (χ2n) is 4.73. The van der Waals surface area contributed by atoms with E-state index in [4.69, 9.17) is 0 Å². The zero-order chi connectivity index (χ0) is 13.8. The Kier molecular flexibility index (Phi) is 5.39. The summed E-state index contributed by atoms with van der Waals surface area (Å²) in [6, 6.07) is 5.15. The zero-order valence-electron chi connectivity index (χ0n) is 10.5. The Labute approximate surface area is 129 Å². The summed E-state index contributed by atoms with van der Waals surface area (Å²) in [4.78, 5) is 14.3. The van der Waals surface area contributed by atoms with Gasteiger partial charge in [0.25, 0.3) is 5.91 Å². The van der Waals surface area contributed by atoms with Crippen molar-refractivity contribution in [1.29, 1.82) is 0 Å². The molecule has 1 aromatic rings. The molecule has 1 aromatic carbocycles. The van der Waals surface area contributed by atoms with Gasteiger partial charge < -0.3 is 4.90 Å². The third-order valence-corrected chi connectivity index (χ3v) is 4.66. The lowest BCUT2D eigenvalue weighted by Crippen LogP contribution is -2.45. The number of carbonyl (C=O) groups is 1. The summed E-state index contributed by atoms with van der Waals surface area (Å²) < 4.78 is 14.4. The number of alkyl halides is 1. The van der Waals surface area contributed by atoms with Gasteiger partial charge in [0, 0.05) is 17.9 Å². The largest absolute Gasteiger partial charge is 0.336 e. The van der Waals surface area contributed by atoms with E-state index in [-0.39, 0.29) is 17.5 Å². The molecule has 1 aliphatic carbocycles. The Morgan fingerprint density at radius 2 is 2.16 bits per heavy atom. The molecular weight excluding hydrogens is 377 g/mol. The first-order chi connectivity index (χ1) is 9.15. The Morgan fingerprint density at radius 3 is 2.74 bits per heavy atom. The van der Waals surface area contributed by atoms with Gasteiger partial charge in [-0.25, -0.2) is 4.39 Å². The monoisotopic (exact) mass is 391 g/mol. The van der Waals surface area contributed by atoms with Crippen molar-refractivity contribution < 1.29 is 9.18 Å². The Morgan fingerprint density at radius 1 is 1.42 bits per heavy atom. The predicted octanol–water partition coefficient (Wildman–Crippen LogP) is 4.37. The average Bonchev–Trinajstić information content (AvgIpc) is 2.34. The van der Waals surface area contributed by atoms with Crippen molar-refractivity contribution in [3.05, 3.63) is 34.1 Å². The van der Waals surface area contributed by atoms with Crippen LogP contribution in [-0.4, -0.2) is 28.7 Å². The average molecular weight is 393 g/mol. The molecule has 1 amide bonds. The van der Waals surface area contributed by atoms with Crippen LogP contribution in [0.1, 0.15) is 36.0 Å². The maximum atomic E-state index is 14.0. The molecule has 2 nitrogen and oxygen atoms in total. The molecule has 0 saturated heterocycles. The van der Waals surface area contributed by atoms with Gasteiger partial charge in [-0.3, -0.25) is 4.79 Å². The lowest BCUT2D eigenvalue weighted by molar-refractivity contribution is 0.0576. The van der Waals surface area contributed by atoms with Gasteiger partial charge in [-0.15, -0.1) is 0 Å². The molecule has 19 heavy (non-hydrogen) atoms. The summed E-state index contributed by atoms with van der Waals surface area (Å²) in [5.74, 6) is -0.653. The number of hydrogen-bond acceptors (Lipinski definition) is 1. The van der Waals surface area contributed by atoms with Gasteiger partial charge in [0.2, 0.25) is 0 Å². The maximum Gasteiger partial charge on any atom is 0.257 e. The van der Waals surface area contributed by atoms with Crippen molar-refractivity contribution in [3.63, 3.8) is 0 Å². The van der Waals surface area contributed by atoms with Gasteiger partial charge in [0.05, 0.1) is 10.0 Å². The minimum absolute atomic E-state index is 0.163. The van der Waals surface area contributed by atoms with Crippen molar-refractivity contribution in [2.45, 2.75) is 31.7 Å². The molecule has 1 aliphatic rings. The highest BCUT2D eigenvalue weighted by atomic mass is 79.9. The molecule has 104 valence electrons. The number of nitrogens with zero attached hydrogens (tertiary/aromatic N) is 1. The predicted molar refractivity (Wildman–Crippen MR) is 81.2 cm³/mol. The number of amides is 1. The third-order valence-electron chi connectivity index (χ3n) is 3.49. The van der Waals surface area contributed by atoms with Crippen molar-refractivity contribution in [1.82, 2.24) is 4.90 Å². The van der Waals surface area contributed by atoms with Crippen molar-refractivity contribution in [2.24, 2.45) is 0 Å². The molecule has 0 radical (unpaired) electrons. The minimum Gasteiger partial charge on any atom is -0.336 e. The van der Waals surface area contributed by atoms with E-state index in [1.807, 2.05) is 4.90 Å². The molecule has 1 saturated carbocycles. The highest BCUT2D eigenvalue weighted by molar-refractivity contribution is 9.10. The van der Waals surface area contributed by atoms with E-state index in [0.717, 1.165) is 31.0 Å². The van der Waals surface area contributed by atoms with E-state index in [2.05, 4.69) is 31.9 Å². The van der Waals surface area contributed by atoms with Gasteiger partial charge in [-0.05, 0) is 53.7 Å². The Bertz CT molecular complexity index is 463. The summed E-state index contributed by atoms with van der Waals surface area (Å²) in [7, 11) is 0. The highest BCUT2D eigenvalue weighted by Gasteiger charge is 2.30. The highest BCUT2D eigenvalue weighted by Crippen LogP contribution is 2.28. The van der Waals surface area contributed by atoms with E-state index in [1.165, 1.54) is 0 Å². The van der Waals surface area contributed by atoms with E-state index in [0.29, 0.717) is 11.0 Å². The molecule has 0 unspecified atom stereocenters. The molecule has 1 fully saturated rings. The topological polar surface area (TPSA) is 20.3 Å². The van der Waals surface area contributed by atoms with E-state index in [9.17, 15) is 9.18 Å². The second kappa shape index (κ2) is 6.84. The van der Waals surface area contributed by atoms with Gasteiger partial charge in [0.15, 0.2) is 0 Å². The van der Waals surface area contributed by atoms with Crippen LogP contribution in [0.2, 0.25) is 0 Å². The summed E-state index contributed by atoms with van der Waals surface area (Å²) in [6.07, 6.45) is 4.11. The van der Waals surface area contributed by atoms with Crippen LogP contribution in [-0.2, 0) is 0 Å². The van der Waals surface area contributed by atoms with Crippen LogP contribution in [0.5, 0.6) is 0 Å². The normalized spacial score (nSPS) is 15.1. The van der Waals surface area contributed by atoms with Gasteiger partial charge in [-0.1, -0.05) is 22.0 Å². The van der Waals surface area contributed by atoms with E-state index in [1.54, 1.807) is 18.2 Å². The lowest BCUT2D eigenvalue weighted by Gasteiger charge is -2.37. The van der Waals surface area contributed by atoms with E-state index >= 15 is 0 Å². The maximum absolute atomic E-state index is 14.0. The Balaban J connectivity index is 2.20. The summed E-state index contributed by atoms with van der Waals surface area (Å²) in [5.41, 5.74) is 0.163. The lowest BCUT2D eigenvalue weighted by atomic mass is 9.90. The van der Waals surface area contributed by atoms with Crippen molar-refractivity contribution in [2.75, 3.05) is 11.9 Å². The van der Waals surface area contributed by atoms with Crippen molar-refractivity contribution >= 4 is 37.8 Å². The Hall–Kier alpha value is -0.420. The van der Waals surface area contributed by atoms with Crippen LogP contribution in [0.25, 0.3) is 0 Å². The number of rotatable bonds is 5. The van der Waals surface area contributed by atoms with Gasteiger partial charge in [0.1, 0.15) is 5.82 Å². The fourth-order valence-electron chi connectivity index (χ4n) is 2.20. The SMILES string of the molecule is O=C(c1cccc(Br)c1F)N(CCCBr)C1CCC1. The minimum atomic E-state index is -0.462. The second-order valence-corrected chi connectivity index (χ2v) is 6.37. The molecule has 0 N–H and O–H groups in total. The van der Waals surface area contributed by atoms with Gasteiger partial charge in [-0.2, -0.15) is 0 Å². The van der Waals surface area contributed by atoms with Crippen LogP contribution in [0.3, 0.4) is 0 Å². The van der Waals surface area contributed by atoms with Crippen LogP contribution in [0.4, 0.5) is 4.39 Å². The molecule has 0 heterocycles. The number of halogens is 3. The molecule has 0 aromatic heterocycles.